The topological polar surface area (TPSA) is 49.6 Å². The van der Waals surface area contributed by atoms with Crippen LogP contribution in [0.3, 0.4) is 0 Å². The van der Waals surface area contributed by atoms with Crippen molar-refractivity contribution >= 4 is 11.6 Å². The van der Waals surface area contributed by atoms with Gasteiger partial charge < -0.3 is 10.6 Å². The molecule has 0 radical (unpaired) electrons. The van der Waals surface area contributed by atoms with E-state index in [4.69, 9.17) is 5.73 Å². The van der Waals surface area contributed by atoms with E-state index in [0.29, 0.717) is 0 Å². The van der Waals surface area contributed by atoms with Gasteiger partial charge in [-0.05, 0) is 36.8 Å². The lowest BCUT2D eigenvalue weighted by molar-refractivity contribution is -0.126. The van der Waals surface area contributed by atoms with E-state index in [1.807, 2.05) is 35.2 Å². The fourth-order valence-electron chi connectivity index (χ4n) is 3.74. The van der Waals surface area contributed by atoms with Crippen LogP contribution in [-0.2, 0) is 4.79 Å². The fraction of sp³-hybridized carbons (Fsp3) is 0.611. The number of amides is 1. The van der Waals surface area contributed by atoms with Gasteiger partial charge in [0.2, 0.25) is 5.91 Å². The highest BCUT2D eigenvalue weighted by atomic mass is 16.2. The Kier molecular flexibility index (Phi) is 4.24. The molecule has 2 unspecified atom stereocenters. The first-order valence-corrected chi connectivity index (χ1v) is 8.35. The van der Waals surface area contributed by atoms with E-state index in [-0.39, 0.29) is 23.4 Å². The van der Waals surface area contributed by atoms with Crippen LogP contribution < -0.4 is 10.6 Å². The van der Waals surface area contributed by atoms with Gasteiger partial charge in [-0.3, -0.25) is 9.69 Å². The standard InChI is InChI=1S/C18H27N3O/c1-18(2)13-20(12-10-16(18)19)15-9-6-11-21(17(15)22)14-7-4-3-5-8-14/h3-5,7-8,15-16H,6,9-13,19H2,1-2H3. The lowest BCUT2D eigenvalue weighted by Crippen LogP contribution is -2.60. The fourth-order valence-corrected chi connectivity index (χ4v) is 3.74. The minimum absolute atomic E-state index is 0.0146. The van der Waals surface area contributed by atoms with Crippen molar-refractivity contribution in [2.24, 2.45) is 11.1 Å². The van der Waals surface area contributed by atoms with Crippen LogP contribution in [0.2, 0.25) is 0 Å². The van der Waals surface area contributed by atoms with Crippen molar-refractivity contribution in [3.63, 3.8) is 0 Å². The first kappa shape index (κ1) is 15.5. The van der Waals surface area contributed by atoms with E-state index in [2.05, 4.69) is 18.7 Å². The third-order valence-corrected chi connectivity index (χ3v) is 5.26. The number of likely N-dealkylation sites (tertiary alicyclic amines) is 1. The molecule has 0 bridgehead atoms. The summed E-state index contributed by atoms with van der Waals surface area (Å²) in [6, 6.07) is 10.3. The van der Waals surface area contributed by atoms with Crippen molar-refractivity contribution in [2.75, 3.05) is 24.5 Å². The van der Waals surface area contributed by atoms with E-state index in [1.165, 1.54) is 0 Å². The second-order valence-electron chi connectivity index (χ2n) is 7.34. The lowest BCUT2D eigenvalue weighted by atomic mass is 9.79. The molecule has 2 saturated heterocycles. The van der Waals surface area contributed by atoms with Gasteiger partial charge in [-0.1, -0.05) is 32.0 Å². The number of nitrogens with two attached hydrogens (primary N) is 1. The maximum absolute atomic E-state index is 13.0. The minimum Gasteiger partial charge on any atom is -0.327 e. The first-order valence-electron chi connectivity index (χ1n) is 8.35. The Morgan fingerprint density at radius 1 is 1.14 bits per heavy atom. The van der Waals surface area contributed by atoms with Crippen LogP contribution in [0.25, 0.3) is 0 Å². The largest absolute Gasteiger partial charge is 0.327 e. The van der Waals surface area contributed by atoms with Gasteiger partial charge in [-0.15, -0.1) is 0 Å². The van der Waals surface area contributed by atoms with Crippen molar-refractivity contribution in [1.82, 2.24) is 4.90 Å². The number of benzene rings is 1. The third-order valence-electron chi connectivity index (χ3n) is 5.26. The summed E-state index contributed by atoms with van der Waals surface area (Å²) in [4.78, 5) is 17.3. The van der Waals surface area contributed by atoms with E-state index in [0.717, 1.165) is 44.6 Å². The maximum Gasteiger partial charge on any atom is 0.244 e. The maximum atomic E-state index is 13.0. The average molecular weight is 301 g/mol. The zero-order valence-electron chi connectivity index (χ0n) is 13.7. The molecule has 22 heavy (non-hydrogen) atoms. The highest BCUT2D eigenvalue weighted by Gasteiger charge is 2.40. The molecule has 2 fully saturated rings. The van der Waals surface area contributed by atoms with Crippen molar-refractivity contribution in [1.29, 1.82) is 0 Å². The quantitative estimate of drug-likeness (QED) is 0.911. The smallest absolute Gasteiger partial charge is 0.244 e. The number of carbonyl (C=O) groups excluding carboxylic acids is 1. The normalized spacial score (nSPS) is 29.6. The molecule has 1 aromatic rings. The molecule has 2 aliphatic rings. The Morgan fingerprint density at radius 2 is 1.86 bits per heavy atom. The second-order valence-corrected chi connectivity index (χ2v) is 7.34. The lowest BCUT2D eigenvalue weighted by Gasteiger charge is -2.47. The van der Waals surface area contributed by atoms with Gasteiger partial charge in [0, 0.05) is 31.4 Å². The molecule has 0 spiro atoms. The van der Waals surface area contributed by atoms with Crippen LogP contribution in [0.4, 0.5) is 5.69 Å². The van der Waals surface area contributed by atoms with Crippen molar-refractivity contribution in [3.05, 3.63) is 30.3 Å². The number of para-hydroxylation sites is 1. The van der Waals surface area contributed by atoms with Crippen molar-refractivity contribution in [2.45, 2.75) is 45.2 Å². The van der Waals surface area contributed by atoms with E-state index >= 15 is 0 Å². The molecule has 2 atom stereocenters. The Labute approximate surface area is 133 Å². The molecule has 1 amide bonds. The zero-order valence-corrected chi connectivity index (χ0v) is 13.7. The van der Waals surface area contributed by atoms with E-state index < -0.39 is 0 Å². The number of anilines is 1. The number of carbonyl (C=O) groups is 1. The summed E-state index contributed by atoms with van der Waals surface area (Å²) in [5.74, 6) is 0.253. The van der Waals surface area contributed by atoms with E-state index in [1.54, 1.807) is 0 Å². The predicted molar refractivity (Wildman–Crippen MR) is 89.8 cm³/mol. The minimum atomic E-state index is 0.0146. The predicted octanol–water partition coefficient (Wildman–Crippen LogP) is 2.24. The number of hydrogen-bond donors (Lipinski definition) is 1. The number of nitrogens with zero attached hydrogens (tertiary/aromatic N) is 2. The second kappa shape index (κ2) is 6.01. The first-order chi connectivity index (χ1) is 10.5. The number of rotatable bonds is 2. The average Bonchev–Trinajstić information content (AvgIpc) is 2.51. The molecule has 2 N–H and O–H groups in total. The third kappa shape index (κ3) is 2.90. The summed E-state index contributed by atoms with van der Waals surface area (Å²) in [5.41, 5.74) is 7.33. The van der Waals surface area contributed by atoms with Gasteiger partial charge in [0.05, 0.1) is 6.04 Å². The van der Waals surface area contributed by atoms with E-state index in [9.17, 15) is 4.79 Å². The van der Waals surface area contributed by atoms with Crippen LogP contribution in [-0.4, -0.2) is 42.5 Å². The summed E-state index contributed by atoms with van der Waals surface area (Å²) in [6.45, 7) is 7.10. The highest BCUT2D eigenvalue weighted by Crippen LogP contribution is 2.32. The summed E-state index contributed by atoms with van der Waals surface area (Å²) < 4.78 is 0. The molecule has 120 valence electrons. The summed E-state index contributed by atoms with van der Waals surface area (Å²) in [7, 11) is 0. The highest BCUT2D eigenvalue weighted by molar-refractivity contribution is 5.97. The number of piperidine rings is 2. The molecular weight excluding hydrogens is 274 g/mol. The van der Waals surface area contributed by atoms with Gasteiger partial charge in [-0.2, -0.15) is 0 Å². The zero-order chi connectivity index (χ0) is 15.7. The Bertz CT molecular complexity index is 528. The van der Waals surface area contributed by atoms with Gasteiger partial charge in [0.25, 0.3) is 0 Å². The Hall–Kier alpha value is -1.39. The SMILES string of the molecule is CC1(C)CN(C2CCCN(c3ccccc3)C2=O)CCC1N. The Balaban J connectivity index is 1.76. The summed E-state index contributed by atoms with van der Waals surface area (Å²) in [6.07, 6.45) is 3.00. The molecule has 3 rings (SSSR count). The Morgan fingerprint density at radius 3 is 2.55 bits per heavy atom. The van der Waals surface area contributed by atoms with Crippen molar-refractivity contribution < 1.29 is 4.79 Å². The van der Waals surface area contributed by atoms with Crippen LogP contribution in [0.1, 0.15) is 33.1 Å². The van der Waals surface area contributed by atoms with Crippen LogP contribution in [0.5, 0.6) is 0 Å². The van der Waals surface area contributed by atoms with Gasteiger partial charge in [0.15, 0.2) is 0 Å². The molecular formula is C18H27N3O. The van der Waals surface area contributed by atoms with Gasteiger partial charge in [-0.25, -0.2) is 0 Å². The molecule has 2 aliphatic heterocycles. The molecule has 0 aromatic heterocycles. The monoisotopic (exact) mass is 301 g/mol. The summed E-state index contributed by atoms with van der Waals surface area (Å²) in [5, 5.41) is 0. The van der Waals surface area contributed by atoms with Crippen molar-refractivity contribution in [3.8, 4) is 0 Å². The van der Waals surface area contributed by atoms with Gasteiger partial charge in [0.1, 0.15) is 0 Å². The molecule has 0 saturated carbocycles. The molecule has 4 nitrogen and oxygen atoms in total. The van der Waals surface area contributed by atoms with Crippen LogP contribution in [0, 0.1) is 5.41 Å². The molecule has 2 heterocycles. The molecule has 0 aliphatic carbocycles. The number of hydrogen-bond acceptors (Lipinski definition) is 3. The van der Waals surface area contributed by atoms with Gasteiger partial charge >= 0.3 is 0 Å². The van der Waals surface area contributed by atoms with Crippen LogP contribution in [0.15, 0.2) is 30.3 Å². The van der Waals surface area contributed by atoms with Crippen LogP contribution >= 0.6 is 0 Å². The molecule has 1 aromatic carbocycles. The summed E-state index contributed by atoms with van der Waals surface area (Å²) >= 11 is 0. The molecule has 4 heteroatoms.